The summed E-state index contributed by atoms with van der Waals surface area (Å²) in [6.07, 6.45) is 9.98. The second-order valence-electron chi connectivity index (χ2n) is 24.7. The number of alkyl carbamates (subject to hydrolysis) is 2. The number of ether oxygens (including phenoxy) is 2. The molecule has 6 unspecified atom stereocenters. The number of carbonyl (C=O) groups excluding carboxylic acids is 6. The van der Waals surface area contributed by atoms with Crippen molar-refractivity contribution < 1.29 is 38.2 Å². The Morgan fingerprint density at radius 2 is 0.887 bits per heavy atom. The summed E-state index contributed by atoms with van der Waals surface area (Å²) in [6, 6.07) is 36.2. The third-order valence-corrected chi connectivity index (χ3v) is 19.4. The fourth-order valence-corrected chi connectivity index (χ4v) is 12.9. The molecule has 516 valence electrons. The van der Waals surface area contributed by atoms with Gasteiger partial charge in [-0.3, -0.25) is 19.6 Å². The Labute approximate surface area is 586 Å². The third kappa shape index (κ3) is 26.9. The number of hydrogen-bond donors (Lipinski definition) is 6. The van der Waals surface area contributed by atoms with Crippen molar-refractivity contribution in [3.8, 4) is 0 Å². The summed E-state index contributed by atoms with van der Waals surface area (Å²) in [7, 11) is 3.40. The molecule has 0 bridgehead atoms. The fourth-order valence-electron chi connectivity index (χ4n) is 10.2. The van der Waals surface area contributed by atoms with E-state index in [4.69, 9.17) is 9.47 Å². The van der Waals surface area contributed by atoms with Gasteiger partial charge in [0.05, 0.1) is 67.4 Å². The van der Waals surface area contributed by atoms with Crippen LogP contribution < -0.4 is 31.9 Å². The Balaban J connectivity index is 0.000000273. The lowest BCUT2D eigenvalue weighted by atomic mass is 9.95. The van der Waals surface area contributed by atoms with Gasteiger partial charge in [-0.25, -0.2) is 29.1 Å². The van der Waals surface area contributed by atoms with E-state index in [9.17, 15) is 28.8 Å². The number of rotatable bonds is 33. The molecule has 0 saturated carbocycles. The van der Waals surface area contributed by atoms with Crippen LogP contribution in [0.3, 0.4) is 0 Å². The first-order chi connectivity index (χ1) is 46.8. The normalized spacial score (nSPS) is 13.1. The van der Waals surface area contributed by atoms with Crippen molar-refractivity contribution in [3.05, 3.63) is 221 Å². The lowest BCUT2D eigenvalue weighted by Crippen LogP contribution is -2.54. The van der Waals surface area contributed by atoms with Crippen LogP contribution in [0.4, 0.5) is 19.2 Å². The molecule has 8 aromatic rings. The van der Waals surface area contributed by atoms with E-state index in [2.05, 4.69) is 79.5 Å². The molecule has 0 fully saturated rings. The molecule has 0 aliphatic rings. The van der Waals surface area contributed by atoms with Gasteiger partial charge < -0.3 is 51.2 Å². The van der Waals surface area contributed by atoms with Crippen molar-refractivity contribution in [1.82, 2.24) is 61.6 Å². The van der Waals surface area contributed by atoms with Crippen molar-refractivity contribution in [2.75, 3.05) is 14.1 Å². The van der Waals surface area contributed by atoms with Crippen LogP contribution in [-0.2, 0) is 71.0 Å². The second kappa shape index (κ2) is 40.0. The van der Waals surface area contributed by atoms with Crippen LogP contribution in [0.15, 0.2) is 168 Å². The zero-order valence-corrected chi connectivity index (χ0v) is 60.0. The molecule has 0 spiro atoms. The van der Waals surface area contributed by atoms with Gasteiger partial charge in [-0.15, -0.1) is 45.3 Å². The average molecular weight is 1390 g/mol. The number of carbonyl (C=O) groups is 6. The number of nitrogens with zero attached hydrogens (tertiary/aromatic N) is 6. The molecule has 4 aromatic carbocycles. The van der Waals surface area contributed by atoms with Crippen molar-refractivity contribution in [1.29, 1.82) is 0 Å². The fraction of sp³-hybridized carbons (Fsp3) is 0.397. The molecule has 6 N–H and O–H groups in total. The van der Waals surface area contributed by atoms with Crippen LogP contribution in [0.5, 0.6) is 0 Å². The van der Waals surface area contributed by atoms with E-state index in [-0.39, 0.29) is 55.1 Å². The van der Waals surface area contributed by atoms with Gasteiger partial charge in [0.1, 0.15) is 25.3 Å². The number of thiazole rings is 4. The van der Waals surface area contributed by atoms with Gasteiger partial charge in [0.15, 0.2) is 0 Å². The standard InChI is InChI=1S/C37H46N6O4S2.C36H46N6O4S2/c1-25(2)33(42-36(45)43(5)21-31-23-48-35(40-31)26(3)4)34(44)39-29(18-27-12-8-6-9-13-27)16-17-30(19-28-14-10-7-11-15-28)41-37(46)47-22-32-20-38-24-49-32;1-5-32(41-35(44)42(4)21-30-23-47-34(39-30)25(2)3)33(43)38-28(18-26-12-8-6-9-13-26)16-17-29(19-27-14-10-7-11-15-27)40-36(45)46-22-31-20-37-24-48-31/h6-17,20,23-26,29-30,33H,18-19,21-22H2,1-5H3,(H,39,44)(H,41,46)(H,42,45);6-15,20,23-25,28-29,32H,5,16-19,21-22H2,1-4H3,(H,38,43)(H,40,45)(H,41,44)/b17-16+;. The summed E-state index contributed by atoms with van der Waals surface area (Å²) < 4.78 is 10.9. The molecule has 0 aliphatic carbocycles. The zero-order chi connectivity index (χ0) is 69.5. The van der Waals surface area contributed by atoms with Gasteiger partial charge >= 0.3 is 24.2 Å². The van der Waals surface area contributed by atoms with Crippen LogP contribution in [0.25, 0.3) is 0 Å². The molecule has 4 heterocycles. The summed E-state index contributed by atoms with van der Waals surface area (Å²) in [4.78, 5) is 102. The predicted molar refractivity (Wildman–Crippen MR) is 386 cm³/mol. The van der Waals surface area contributed by atoms with E-state index < -0.39 is 36.4 Å². The number of amides is 8. The topological polar surface area (TPSA) is 251 Å². The van der Waals surface area contributed by atoms with Gasteiger partial charge in [0, 0.05) is 61.2 Å². The lowest BCUT2D eigenvalue weighted by Gasteiger charge is -2.27. The number of hydrogen-bond acceptors (Lipinski definition) is 16. The van der Waals surface area contributed by atoms with E-state index in [1.54, 1.807) is 65.1 Å². The minimum Gasteiger partial charge on any atom is -0.444 e. The SMILES string of the molecule is CC(C)c1nc(CN(C)C(=O)NC(C(=O)NC(/C=C/C(Cc2ccccc2)NC(=O)OCc2cncs2)Cc2ccccc2)C(C)C)cs1.CCC(NC(=O)N(C)Cc1csc(C(C)C)n1)C(=O)NC(CCC(Cc1ccccc1)NC(=O)OCc1cncs1)Cc1ccccc1. The second-order valence-corrected chi connectivity index (χ2v) is 28.4. The van der Waals surface area contributed by atoms with E-state index >= 15 is 0 Å². The first kappa shape index (κ1) is 75.5. The van der Waals surface area contributed by atoms with Crippen LogP contribution in [-0.4, -0.2) is 116 Å². The van der Waals surface area contributed by atoms with E-state index in [0.717, 1.165) is 53.4 Å². The molecule has 8 rings (SSSR count). The minimum atomic E-state index is -0.775. The quantitative estimate of drug-likeness (QED) is 0.0210. The number of benzene rings is 4. The lowest BCUT2D eigenvalue weighted by molar-refractivity contribution is -0.124. The van der Waals surface area contributed by atoms with Crippen LogP contribution >= 0.6 is 45.3 Å². The maximum Gasteiger partial charge on any atom is 0.407 e. The summed E-state index contributed by atoms with van der Waals surface area (Å²) in [6.45, 7) is 15.0. The molecule has 8 amide bonds. The van der Waals surface area contributed by atoms with Gasteiger partial charge in [-0.05, 0) is 73.1 Å². The summed E-state index contributed by atoms with van der Waals surface area (Å²) >= 11 is 6.02. The molecule has 20 nitrogen and oxygen atoms in total. The van der Waals surface area contributed by atoms with Crippen molar-refractivity contribution in [2.24, 2.45) is 5.92 Å². The monoisotopic (exact) mass is 1390 g/mol. The average Bonchev–Trinajstić information content (AvgIpc) is 2.15. The summed E-state index contributed by atoms with van der Waals surface area (Å²) in [5.41, 5.74) is 9.27. The highest BCUT2D eigenvalue weighted by Crippen LogP contribution is 2.23. The van der Waals surface area contributed by atoms with Crippen LogP contribution in [0.1, 0.15) is 133 Å². The predicted octanol–water partition coefficient (Wildman–Crippen LogP) is 13.4. The number of urea groups is 2. The van der Waals surface area contributed by atoms with Crippen LogP contribution in [0, 0.1) is 5.92 Å². The molecule has 24 heteroatoms. The Kier molecular flexibility index (Phi) is 31.2. The highest BCUT2D eigenvalue weighted by Gasteiger charge is 2.29. The Hall–Kier alpha value is -8.84. The van der Waals surface area contributed by atoms with Gasteiger partial charge in [-0.1, -0.05) is 182 Å². The summed E-state index contributed by atoms with van der Waals surface area (Å²) in [5, 5.41) is 24.2. The highest BCUT2D eigenvalue weighted by molar-refractivity contribution is 7.10. The van der Waals surface area contributed by atoms with Crippen molar-refractivity contribution in [2.45, 2.75) is 168 Å². The third-order valence-electron chi connectivity index (χ3n) is 15.5. The minimum absolute atomic E-state index is 0.130. The van der Waals surface area contributed by atoms with Crippen molar-refractivity contribution in [3.63, 3.8) is 0 Å². The van der Waals surface area contributed by atoms with E-state index in [1.807, 2.05) is 165 Å². The molecule has 4 aromatic heterocycles. The smallest absolute Gasteiger partial charge is 0.407 e. The Morgan fingerprint density at radius 3 is 1.28 bits per heavy atom. The zero-order valence-electron chi connectivity index (χ0n) is 56.7. The number of aromatic nitrogens is 4. The van der Waals surface area contributed by atoms with Crippen molar-refractivity contribution >= 4 is 81.4 Å². The van der Waals surface area contributed by atoms with Gasteiger partial charge in [0.25, 0.3) is 0 Å². The first-order valence-electron chi connectivity index (χ1n) is 32.7. The molecule has 97 heavy (non-hydrogen) atoms. The molecule has 0 aliphatic heterocycles. The molecule has 0 radical (unpaired) electrons. The summed E-state index contributed by atoms with van der Waals surface area (Å²) in [5.74, 6) is -0.0714. The molecule has 6 atom stereocenters. The first-order valence-corrected chi connectivity index (χ1v) is 36.3. The Bertz CT molecular complexity index is 3650. The molecular weight excluding hydrogens is 1300 g/mol. The maximum absolute atomic E-state index is 13.8. The molecular formula is C73H92N12O8S4. The van der Waals surface area contributed by atoms with E-state index in [0.29, 0.717) is 69.9 Å². The van der Waals surface area contributed by atoms with E-state index in [1.165, 1.54) is 27.6 Å². The molecule has 0 saturated heterocycles. The van der Waals surface area contributed by atoms with Gasteiger partial charge in [0.2, 0.25) is 11.8 Å². The maximum atomic E-state index is 13.8. The number of nitrogens with one attached hydrogen (secondary N) is 6. The Morgan fingerprint density at radius 1 is 0.485 bits per heavy atom. The van der Waals surface area contributed by atoms with Crippen LogP contribution in [0.2, 0.25) is 0 Å². The highest BCUT2D eigenvalue weighted by atomic mass is 32.1. The van der Waals surface area contributed by atoms with Gasteiger partial charge in [-0.2, -0.15) is 0 Å². The largest absolute Gasteiger partial charge is 0.444 e.